The van der Waals surface area contributed by atoms with Gasteiger partial charge in [0.15, 0.2) is 0 Å². The number of aryl methyl sites for hydroxylation is 2. The molecule has 2 aromatic carbocycles. The number of amides is 3. The summed E-state index contributed by atoms with van der Waals surface area (Å²) in [5, 5.41) is 2.87. The van der Waals surface area contributed by atoms with Crippen molar-refractivity contribution in [3.8, 4) is 5.75 Å². The maximum atomic E-state index is 12.9. The Kier molecular flexibility index (Phi) is 4.98. The van der Waals surface area contributed by atoms with Crippen molar-refractivity contribution >= 4 is 11.9 Å². The maximum absolute atomic E-state index is 12.9. The minimum atomic E-state index is -0.885. The predicted molar refractivity (Wildman–Crippen MR) is 100.0 cm³/mol. The van der Waals surface area contributed by atoms with Crippen LogP contribution >= 0.6 is 0 Å². The van der Waals surface area contributed by atoms with Gasteiger partial charge in [-0.05, 0) is 38.3 Å². The summed E-state index contributed by atoms with van der Waals surface area (Å²) in [6, 6.07) is 15.4. The smallest absolute Gasteiger partial charge is 0.325 e. The number of hydrogen-bond donors (Lipinski definition) is 1. The van der Waals surface area contributed by atoms with Crippen LogP contribution in [0.3, 0.4) is 0 Å². The van der Waals surface area contributed by atoms with Gasteiger partial charge in [0.25, 0.3) is 5.91 Å². The van der Waals surface area contributed by atoms with Gasteiger partial charge in [0.2, 0.25) is 0 Å². The van der Waals surface area contributed by atoms with Gasteiger partial charge in [-0.3, -0.25) is 9.69 Å². The number of nitrogens with zero attached hydrogens (tertiary/aromatic N) is 1. The summed E-state index contributed by atoms with van der Waals surface area (Å²) in [6.45, 7) is 3.97. The van der Waals surface area contributed by atoms with E-state index < -0.39 is 5.54 Å². The van der Waals surface area contributed by atoms with Gasteiger partial charge < -0.3 is 10.1 Å². The molecule has 0 aliphatic carbocycles. The summed E-state index contributed by atoms with van der Waals surface area (Å²) in [5.41, 5.74) is 2.14. The number of rotatable bonds is 6. The summed E-state index contributed by atoms with van der Waals surface area (Å²) >= 11 is 0. The van der Waals surface area contributed by atoms with E-state index in [0.29, 0.717) is 12.2 Å². The third-order valence-corrected chi connectivity index (χ3v) is 4.87. The van der Waals surface area contributed by atoms with Crippen LogP contribution in [-0.4, -0.2) is 29.5 Å². The van der Waals surface area contributed by atoms with Crippen LogP contribution in [0.25, 0.3) is 0 Å². The van der Waals surface area contributed by atoms with E-state index in [1.165, 1.54) is 4.90 Å². The summed E-state index contributed by atoms with van der Waals surface area (Å²) in [4.78, 5) is 26.7. The molecule has 1 atom stereocenters. The fourth-order valence-electron chi connectivity index (χ4n) is 3.30. The quantitative estimate of drug-likeness (QED) is 0.810. The first-order valence-corrected chi connectivity index (χ1v) is 8.74. The SMILES string of the molecule is COc1ccc(C)cc1CN1C(=O)N[C@](C)(CCc2ccccc2)C1=O. The second-order valence-electron chi connectivity index (χ2n) is 6.95. The molecule has 136 valence electrons. The van der Waals surface area contributed by atoms with Crippen LogP contribution in [0.4, 0.5) is 4.79 Å². The van der Waals surface area contributed by atoms with Gasteiger partial charge in [-0.15, -0.1) is 0 Å². The van der Waals surface area contributed by atoms with Gasteiger partial charge in [0.05, 0.1) is 13.7 Å². The summed E-state index contributed by atoms with van der Waals surface area (Å²) in [5.74, 6) is 0.482. The topological polar surface area (TPSA) is 58.6 Å². The Morgan fingerprint density at radius 2 is 1.85 bits per heavy atom. The molecule has 26 heavy (non-hydrogen) atoms. The van der Waals surface area contributed by atoms with Gasteiger partial charge in [-0.1, -0.05) is 48.0 Å². The lowest BCUT2D eigenvalue weighted by Crippen LogP contribution is -2.44. The summed E-state index contributed by atoms with van der Waals surface area (Å²) in [6.07, 6.45) is 1.29. The largest absolute Gasteiger partial charge is 0.496 e. The molecule has 0 radical (unpaired) electrons. The zero-order chi connectivity index (χ0) is 18.7. The number of carbonyl (C=O) groups is 2. The maximum Gasteiger partial charge on any atom is 0.325 e. The number of urea groups is 1. The lowest BCUT2D eigenvalue weighted by atomic mass is 9.93. The van der Waals surface area contributed by atoms with Crippen molar-refractivity contribution in [2.24, 2.45) is 0 Å². The molecule has 5 heteroatoms. The standard InChI is InChI=1S/C21H24N2O3/c1-15-9-10-18(26-3)17(13-15)14-23-19(24)21(2,22-20(23)25)12-11-16-7-5-4-6-8-16/h4-10,13H,11-12,14H2,1-3H3,(H,22,25)/t21-/m1/s1. The van der Waals surface area contributed by atoms with Gasteiger partial charge in [-0.25, -0.2) is 4.79 Å². The average molecular weight is 352 g/mol. The van der Waals surface area contributed by atoms with E-state index in [0.717, 1.165) is 23.1 Å². The molecule has 2 aromatic rings. The number of nitrogens with one attached hydrogen (secondary N) is 1. The number of hydrogen-bond acceptors (Lipinski definition) is 3. The first kappa shape index (κ1) is 18.0. The Bertz CT molecular complexity index is 819. The normalized spacial score (nSPS) is 19.6. The van der Waals surface area contributed by atoms with Crippen molar-refractivity contribution in [1.82, 2.24) is 10.2 Å². The van der Waals surface area contributed by atoms with E-state index in [9.17, 15) is 9.59 Å². The molecule has 1 saturated heterocycles. The van der Waals surface area contributed by atoms with Crippen molar-refractivity contribution in [3.05, 3.63) is 65.2 Å². The number of ether oxygens (including phenoxy) is 1. The molecule has 3 amide bonds. The van der Waals surface area contributed by atoms with Crippen LogP contribution in [0.15, 0.2) is 48.5 Å². The molecule has 0 saturated carbocycles. The zero-order valence-corrected chi connectivity index (χ0v) is 15.4. The molecule has 3 rings (SSSR count). The monoisotopic (exact) mass is 352 g/mol. The van der Waals surface area contributed by atoms with Crippen molar-refractivity contribution in [1.29, 1.82) is 0 Å². The minimum absolute atomic E-state index is 0.193. The van der Waals surface area contributed by atoms with Gasteiger partial charge >= 0.3 is 6.03 Å². The molecule has 1 heterocycles. The molecule has 1 N–H and O–H groups in total. The fraction of sp³-hybridized carbons (Fsp3) is 0.333. The molecule has 0 unspecified atom stereocenters. The van der Waals surface area contributed by atoms with Crippen LogP contribution < -0.4 is 10.1 Å². The predicted octanol–water partition coefficient (Wildman–Crippen LogP) is 3.45. The number of benzene rings is 2. The van der Waals surface area contributed by atoms with E-state index in [1.54, 1.807) is 14.0 Å². The molecule has 0 spiro atoms. The second-order valence-corrected chi connectivity index (χ2v) is 6.95. The third-order valence-electron chi connectivity index (χ3n) is 4.87. The first-order valence-electron chi connectivity index (χ1n) is 8.74. The minimum Gasteiger partial charge on any atom is -0.496 e. The van der Waals surface area contributed by atoms with Gasteiger partial charge in [0.1, 0.15) is 11.3 Å². The Labute approximate surface area is 154 Å². The molecule has 0 bridgehead atoms. The van der Waals surface area contributed by atoms with E-state index in [2.05, 4.69) is 5.32 Å². The molecule has 5 nitrogen and oxygen atoms in total. The lowest BCUT2D eigenvalue weighted by Gasteiger charge is -2.22. The molecule has 0 aromatic heterocycles. The molecule has 1 aliphatic rings. The molecular formula is C21H24N2O3. The molecular weight excluding hydrogens is 328 g/mol. The Balaban J connectivity index is 1.75. The van der Waals surface area contributed by atoms with Crippen LogP contribution in [0, 0.1) is 6.92 Å². The van der Waals surface area contributed by atoms with Crippen molar-refractivity contribution in [2.75, 3.05) is 7.11 Å². The van der Waals surface area contributed by atoms with E-state index in [-0.39, 0.29) is 18.5 Å². The van der Waals surface area contributed by atoms with Crippen LogP contribution in [0.5, 0.6) is 5.75 Å². The van der Waals surface area contributed by atoms with Crippen LogP contribution in [0.1, 0.15) is 30.0 Å². The van der Waals surface area contributed by atoms with E-state index >= 15 is 0 Å². The van der Waals surface area contributed by atoms with E-state index in [1.807, 2.05) is 55.5 Å². The highest BCUT2D eigenvalue weighted by Crippen LogP contribution is 2.28. The van der Waals surface area contributed by atoms with Crippen LogP contribution in [-0.2, 0) is 17.8 Å². The third kappa shape index (κ3) is 3.57. The van der Waals surface area contributed by atoms with Crippen molar-refractivity contribution < 1.29 is 14.3 Å². The summed E-state index contributed by atoms with van der Waals surface area (Å²) < 4.78 is 5.37. The highest BCUT2D eigenvalue weighted by atomic mass is 16.5. The number of carbonyl (C=O) groups excluding carboxylic acids is 2. The molecule has 1 fully saturated rings. The van der Waals surface area contributed by atoms with E-state index in [4.69, 9.17) is 4.74 Å². The second kappa shape index (κ2) is 7.20. The highest BCUT2D eigenvalue weighted by Gasteiger charge is 2.47. The molecule has 1 aliphatic heterocycles. The lowest BCUT2D eigenvalue weighted by molar-refractivity contribution is -0.131. The van der Waals surface area contributed by atoms with Crippen molar-refractivity contribution in [3.63, 3.8) is 0 Å². The Morgan fingerprint density at radius 1 is 1.12 bits per heavy atom. The summed E-state index contributed by atoms with van der Waals surface area (Å²) in [7, 11) is 1.59. The fourth-order valence-corrected chi connectivity index (χ4v) is 3.30. The van der Waals surface area contributed by atoms with Crippen LogP contribution in [0.2, 0.25) is 0 Å². The highest BCUT2D eigenvalue weighted by molar-refractivity contribution is 6.06. The zero-order valence-electron chi connectivity index (χ0n) is 15.4. The first-order chi connectivity index (χ1) is 12.4. The Morgan fingerprint density at radius 3 is 2.54 bits per heavy atom. The number of methoxy groups -OCH3 is 1. The average Bonchev–Trinajstić information content (AvgIpc) is 2.85. The number of imide groups is 1. The van der Waals surface area contributed by atoms with Crippen molar-refractivity contribution in [2.45, 2.75) is 38.8 Å². The Hall–Kier alpha value is -2.82. The van der Waals surface area contributed by atoms with Gasteiger partial charge in [0, 0.05) is 5.56 Å². The van der Waals surface area contributed by atoms with Gasteiger partial charge in [-0.2, -0.15) is 0 Å².